The fraction of sp³-hybridized carbons (Fsp3) is 0.333. The van der Waals surface area contributed by atoms with E-state index in [1.54, 1.807) is 0 Å². The van der Waals surface area contributed by atoms with Crippen molar-refractivity contribution in [2.75, 3.05) is 25.0 Å². The molecule has 1 heterocycles. The highest BCUT2D eigenvalue weighted by Crippen LogP contribution is 2.03. The van der Waals surface area contributed by atoms with Crippen LogP contribution in [0.4, 0.5) is 5.69 Å². The Balaban J connectivity index is 1.59. The van der Waals surface area contributed by atoms with Gasteiger partial charge in [0, 0.05) is 12.2 Å². The number of anilines is 1. The largest absolute Gasteiger partial charge is 0.381 e. The molecular formula is C18H22N4O. The van der Waals surface area contributed by atoms with Crippen LogP contribution in [-0.4, -0.2) is 24.6 Å². The Hall–Kier alpha value is -2.58. The van der Waals surface area contributed by atoms with Gasteiger partial charge in [0.2, 0.25) is 0 Å². The van der Waals surface area contributed by atoms with Gasteiger partial charge >= 0.3 is 0 Å². The van der Waals surface area contributed by atoms with Crippen molar-refractivity contribution in [1.29, 1.82) is 5.26 Å². The summed E-state index contributed by atoms with van der Waals surface area (Å²) in [6, 6.07) is 13.5. The highest BCUT2D eigenvalue weighted by molar-refractivity contribution is 5.40. The van der Waals surface area contributed by atoms with Gasteiger partial charge in [-0.05, 0) is 62.7 Å². The molecule has 0 spiro atoms. The molecular weight excluding hydrogens is 288 g/mol. The number of nitriles is 1. The van der Waals surface area contributed by atoms with E-state index in [2.05, 4.69) is 21.7 Å². The Morgan fingerprint density at radius 2 is 1.87 bits per heavy atom. The topological polar surface area (TPSA) is 80.7 Å². The van der Waals surface area contributed by atoms with Crippen molar-refractivity contribution in [2.45, 2.75) is 19.8 Å². The zero-order chi connectivity index (χ0) is 16.5. The number of H-pyrrole nitrogens is 1. The van der Waals surface area contributed by atoms with Crippen molar-refractivity contribution < 1.29 is 0 Å². The molecule has 3 N–H and O–H groups in total. The third-order valence-corrected chi connectivity index (χ3v) is 3.57. The van der Waals surface area contributed by atoms with E-state index in [4.69, 9.17) is 5.26 Å². The molecule has 2 rings (SSSR count). The van der Waals surface area contributed by atoms with Crippen molar-refractivity contribution in [3.05, 3.63) is 63.6 Å². The second kappa shape index (κ2) is 8.76. The second-order valence-corrected chi connectivity index (χ2v) is 5.47. The molecule has 0 aliphatic heterocycles. The van der Waals surface area contributed by atoms with Gasteiger partial charge in [0.05, 0.1) is 11.6 Å². The molecule has 0 unspecified atom stereocenters. The molecule has 0 atom stereocenters. The van der Waals surface area contributed by atoms with E-state index in [1.807, 2.05) is 43.3 Å². The predicted molar refractivity (Wildman–Crippen MR) is 92.6 cm³/mol. The molecule has 0 amide bonds. The standard InChI is InChI=1S/C18H22N4O/c1-14-3-8-17(18(23)22-14)21-11-2-10-20-12-9-15-4-6-16(13-19)7-5-15/h3-8,20-21H,2,9-12H2,1H3,(H,22,23). The highest BCUT2D eigenvalue weighted by Gasteiger charge is 1.98. The maximum Gasteiger partial charge on any atom is 0.271 e. The Bertz CT molecular complexity index is 713. The minimum absolute atomic E-state index is 0.0706. The first-order valence-corrected chi connectivity index (χ1v) is 7.82. The third-order valence-electron chi connectivity index (χ3n) is 3.57. The van der Waals surface area contributed by atoms with Crippen molar-refractivity contribution in [3.63, 3.8) is 0 Å². The smallest absolute Gasteiger partial charge is 0.271 e. The molecule has 5 heteroatoms. The van der Waals surface area contributed by atoms with Gasteiger partial charge in [-0.25, -0.2) is 0 Å². The zero-order valence-electron chi connectivity index (χ0n) is 13.4. The molecule has 5 nitrogen and oxygen atoms in total. The number of aromatic nitrogens is 1. The number of nitrogens with zero attached hydrogens (tertiary/aromatic N) is 1. The SMILES string of the molecule is Cc1ccc(NCCCNCCc2ccc(C#N)cc2)c(=O)[nH]1. The summed E-state index contributed by atoms with van der Waals surface area (Å²) in [5.41, 5.74) is 3.33. The molecule has 2 aromatic rings. The summed E-state index contributed by atoms with van der Waals surface area (Å²) in [5.74, 6) is 0. The summed E-state index contributed by atoms with van der Waals surface area (Å²) in [6.07, 6.45) is 1.89. The molecule has 0 bridgehead atoms. The maximum absolute atomic E-state index is 11.7. The lowest BCUT2D eigenvalue weighted by Gasteiger charge is -2.07. The number of pyridine rings is 1. The first kappa shape index (κ1) is 16.8. The van der Waals surface area contributed by atoms with E-state index >= 15 is 0 Å². The number of benzene rings is 1. The quantitative estimate of drug-likeness (QED) is 0.653. The molecule has 120 valence electrons. The van der Waals surface area contributed by atoms with Crippen molar-refractivity contribution >= 4 is 5.69 Å². The number of nitrogens with one attached hydrogen (secondary N) is 3. The second-order valence-electron chi connectivity index (χ2n) is 5.47. The minimum atomic E-state index is -0.0706. The molecule has 0 saturated carbocycles. The Morgan fingerprint density at radius 1 is 1.09 bits per heavy atom. The van der Waals surface area contributed by atoms with Crippen LogP contribution in [0.5, 0.6) is 0 Å². The highest BCUT2D eigenvalue weighted by atomic mass is 16.1. The molecule has 0 aliphatic rings. The van der Waals surface area contributed by atoms with Gasteiger partial charge in [0.25, 0.3) is 5.56 Å². The van der Waals surface area contributed by atoms with E-state index in [0.717, 1.165) is 38.2 Å². The predicted octanol–water partition coefficient (Wildman–Crippen LogP) is 2.19. The monoisotopic (exact) mass is 310 g/mol. The van der Waals surface area contributed by atoms with Crippen LogP contribution in [0.3, 0.4) is 0 Å². The van der Waals surface area contributed by atoms with Gasteiger partial charge in [0.1, 0.15) is 5.69 Å². The van der Waals surface area contributed by atoms with Gasteiger partial charge in [0.15, 0.2) is 0 Å². The zero-order valence-corrected chi connectivity index (χ0v) is 13.4. The minimum Gasteiger partial charge on any atom is -0.381 e. The van der Waals surface area contributed by atoms with Gasteiger partial charge in [-0.1, -0.05) is 12.1 Å². The summed E-state index contributed by atoms with van der Waals surface area (Å²) in [7, 11) is 0. The van der Waals surface area contributed by atoms with Crippen molar-refractivity contribution in [2.24, 2.45) is 0 Å². The van der Waals surface area contributed by atoms with Gasteiger partial charge in [-0.2, -0.15) is 5.26 Å². The summed E-state index contributed by atoms with van der Waals surface area (Å²) in [5, 5.41) is 15.3. The normalized spacial score (nSPS) is 10.3. The van der Waals surface area contributed by atoms with Crippen molar-refractivity contribution in [3.8, 4) is 6.07 Å². The number of aryl methyl sites for hydroxylation is 1. The Labute approximate surface area is 136 Å². The fourth-order valence-electron chi connectivity index (χ4n) is 2.25. The van der Waals surface area contributed by atoms with Gasteiger partial charge in [-0.15, -0.1) is 0 Å². The van der Waals surface area contributed by atoms with Crippen LogP contribution in [0, 0.1) is 18.3 Å². The molecule has 1 aromatic heterocycles. The molecule has 0 saturated heterocycles. The fourth-order valence-corrected chi connectivity index (χ4v) is 2.25. The van der Waals surface area contributed by atoms with Crippen LogP contribution >= 0.6 is 0 Å². The van der Waals surface area contributed by atoms with E-state index in [0.29, 0.717) is 11.3 Å². The summed E-state index contributed by atoms with van der Waals surface area (Å²) in [4.78, 5) is 14.4. The van der Waals surface area contributed by atoms with Crippen LogP contribution in [0.1, 0.15) is 23.2 Å². The first-order chi connectivity index (χ1) is 11.2. The average Bonchev–Trinajstić information content (AvgIpc) is 2.56. The molecule has 0 fully saturated rings. The Morgan fingerprint density at radius 3 is 2.57 bits per heavy atom. The number of hydrogen-bond donors (Lipinski definition) is 3. The lowest BCUT2D eigenvalue weighted by Crippen LogP contribution is -2.22. The van der Waals surface area contributed by atoms with Crippen LogP contribution < -0.4 is 16.2 Å². The van der Waals surface area contributed by atoms with Gasteiger partial charge < -0.3 is 15.6 Å². The molecule has 1 aromatic carbocycles. The van der Waals surface area contributed by atoms with E-state index < -0.39 is 0 Å². The van der Waals surface area contributed by atoms with Crippen LogP contribution in [0.25, 0.3) is 0 Å². The number of aromatic amines is 1. The number of hydrogen-bond acceptors (Lipinski definition) is 4. The molecule has 0 aliphatic carbocycles. The van der Waals surface area contributed by atoms with Crippen LogP contribution in [0.2, 0.25) is 0 Å². The first-order valence-electron chi connectivity index (χ1n) is 7.82. The third kappa shape index (κ3) is 5.61. The summed E-state index contributed by atoms with van der Waals surface area (Å²) in [6.45, 7) is 4.42. The maximum atomic E-state index is 11.7. The van der Waals surface area contributed by atoms with Crippen LogP contribution in [0.15, 0.2) is 41.2 Å². The van der Waals surface area contributed by atoms with E-state index in [1.165, 1.54) is 5.56 Å². The molecule has 0 radical (unpaired) electrons. The van der Waals surface area contributed by atoms with E-state index in [-0.39, 0.29) is 5.56 Å². The summed E-state index contributed by atoms with van der Waals surface area (Å²) < 4.78 is 0. The van der Waals surface area contributed by atoms with E-state index in [9.17, 15) is 4.79 Å². The lowest BCUT2D eigenvalue weighted by atomic mass is 10.1. The summed E-state index contributed by atoms with van der Waals surface area (Å²) >= 11 is 0. The molecule has 23 heavy (non-hydrogen) atoms. The lowest BCUT2D eigenvalue weighted by molar-refractivity contribution is 0.660. The van der Waals surface area contributed by atoms with Crippen molar-refractivity contribution in [1.82, 2.24) is 10.3 Å². The van der Waals surface area contributed by atoms with Crippen LogP contribution in [-0.2, 0) is 6.42 Å². The number of rotatable bonds is 8. The Kier molecular flexibility index (Phi) is 6.40. The van der Waals surface area contributed by atoms with Gasteiger partial charge in [-0.3, -0.25) is 4.79 Å². The average molecular weight is 310 g/mol.